The van der Waals surface area contributed by atoms with Crippen LogP contribution < -0.4 is 16.4 Å². The number of hydrogen-bond acceptors (Lipinski definition) is 6. The molecular weight excluding hydrogens is 427 g/mol. The van der Waals surface area contributed by atoms with Gasteiger partial charge in [-0.2, -0.15) is 0 Å². The number of nitrogens with two attached hydrogens (primary N) is 2. The predicted molar refractivity (Wildman–Crippen MR) is 117 cm³/mol. The third-order valence-corrected chi connectivity index (χ3v) is 4.52. The first-order chi connectivity index (χ1) is 13.9. The van der Waals surface area contributed by atoms with E-state index in [1.54, 1.807) is 41.5 Å². The number of carbonyl (C=O) groups is 2. The fourth-order valence-electron chi connectivity index (χ4n) is 2.21. The van der Waals surface area contributed by atoms with Crippen LogP contribution in [0.2, 0.25) is 0 Å². The Labute approximate surface area is 181 Å². The zero-order chi connectivity index (χ0) is 24.2. The molecular formula is C19H31N4O7P. The highest BCUT2D eigenvalue weighted by atomic mass is 31.2. The van der Waals surface area contributed by atoms with Crippen molar-refractivity contribution in [3.63, 3.8) is 0 Å². The molecule has 1 atom stereocenters. The summed E-state index contributed by atoms with van der Waals surface area (Å²) < 4.78 is 21.7. The summed E-state index contributed by atoms with van der Waals surface area (Å²) in [5.74, 6) is -1.83. The summed E-state index contributed by atoms with van der Waals surface area (Å²) in [7, 11) is -4.44. The largest absolute Gasteiger partial charge is 0.443 e. The highest BCUT2D eigenvalue weighted by Gasteiger charge is 2.28. The van der Waals surface area contributed by atoms with Gasteiger partial charge in [-0.25, -0.2) is 14.5 Å². The van der Waals surface area contributed by atoms with Crippen LogP contribution in [-0.4, -0.2) is 44.9 Å². The first-order valence-electron chi connectivity index (χ1n) is 9.39. The lowest BCUT2D eigenvalue weighted by Gasteiger charge is -2.27. The molecule has 0 heterocycles. The molecule has 11 nitrogen and oxygen atoms in total. The Hall–Kier alpha value is -2.46. The van der Waals surface area contributed by atoms with Crippen LogP contribution in [0.15, 0.2) is 29.3 Å². The maximum Gasteiger partial charge on any atom is 0.437 e. The van der Waals surface area contributed by atoms with Crippen molar-refractivity contribution in [3.05, 3.63) is 29.8 Å². The Bertz CT molecular complexity index is 867. The zero-order valence-corrected chi connectivity index (χ0v) is 19.4. The van der Waals surface area contributed by atoms with Crippen LogP contribution in [0.3, 0.4) is 0 Å². The van der Waals surface area contributed by atoms with Crippen LogP contribution in [0.5, 0.6) is 0 Å². The van der Waals surface area contributed by atoms with Gasteiger partial charge in [-0.1, -0.05) is 12.1 Å². The Morgan fingerprint density at radius 3 is 1.97 bits per heavy atom. The van der Waals surface area contributed by atoms with Crippen LogP contribution in [0, 0.1) is 0 Å². The summed E-state index contributed by atoms with van der Waals surface area (Å²) in [4.78, 5) is 47.6. The van der Waals surface area contributed by atoms with Gasteiger partial charge in [0.25, 0.3) is 0 Å². The van der Waals surface area contributed by atoms with Gasteiger partial charge in [0.05, 0.1) is 5.69 Å². The average molecular weight is 458 g/mol. The lowest BCUT2D eigenvalue weighted by molar-refractivity contribution is 0.0600. The summed E-state index contributed by atoms with van der Waals surface area (Å²) in [6, 6.07) is 5.96. The van der Waals surface area contributed by atoms with E-state index in [0.717, 1.165) is 4.90 Å². The van der Waals surface area contributed by atoms with Crippen molar-refractivity contribution in [3.8, 4) is 0 Å². The van der Waals surface area contributed by atoms with Gasteiger partial charge < -0.3 is 30.7 Å². The van der Waals surface area contributed by atoms with Gasteiger partial charge in [0.2, 0.25) is 5.96 Å². The summed E-state index contributed by atoms with van der Waals surface area (Å²) in [5, 5.41) is 0. The number of aliphatic imine (C=N–C) groups is 1. The summed E-state index contributed by atoms with van der Waals surface area (Å²) >= 11 is 0. The first-order valence-corrected chi connectivity index (χ1v) is 11.1. The third kappa shape index (κ3) is 9.48. The van der Waals surface area contributed by atoms with Gasteiger partial charge in [0.15, 0.2) is 0 Å². The van der Waals surface area contributed by atoms with Crippen LogP contribution in [0.25, 0.3) is 0 Å². The fraction of sp³-hybridized carbons (Fsp3) is 0.526. The number of nitrogens with zero attached hydrogens (tertiary/aromatic N) is 2. The van der Waals surface area contributed by atoms with E-state index in [1.165, 1.54) is 24.3 Å². The van der Waals surface area contributed by atoms with Gasteiger partial charge in [0, 0.05) is 0 Å². The minimum absolute atomic E-state index is 0.0848. The molecule has 0 saturated heterocycles. The zero-order valence-electron chi connectivity index (χ0n) is 18.5. The second kappa shape index (κ2) is 9.78. The van der Waals surface area contributed by atoms with Crippen LogP contribution >= 0.6 is 7.60 Å². The van der Waals surface area contributed by atoms with Crippen molar-refractivity contribution in [2.45, 2.75) is 64.9 Å². The monoisotopic (exact) mass is 458 g/mol. The molecule has 1 aromatic carbocycles. The van der Waals surface area contributed by atoms with Crippen molar-refractivity contribution in [2.24, 2.45) is 16.5 Å². The van der Waals surface area contributed by atoms with E-state index in [1.807, 2.05) is 0 Å². The number of anilines is 1. The van der Waals surface area contributed by atoms with Crippen molar-refractivity contribution in [1.29, 1.82) is 0 Å². The Morgan fingerprint density at radius 2 is 1.55 bits per heavy atom. The smallest absolute Gasteiger partial charge is 0.437 e. The van der Waals surface area contributed by atoms with Gasteiger partial charge >= 0.3 is 19.8 Å². The molecule has 0 fully saturated rings. The van der Waals surface area contributed by atoms with Gasteiger partial charge in [-0.15, -0.1) is 4.99 Å². The van der Waals surface area contributed by atoms with E-state index >= 15 is 0 Å². The number of hydrogen-bond donors (Lipinski definition) is 4. The van der Waals surface area contributed by atoms with Crippen molar-refractivity contribution < 1.29 is 33.4 Å². The van der Waals surface area contributed by atoms with E-state index in [9.17, 15) is 14.2 Å². The van der Waals surface area contributed by atoms with E-state index in [4.69, 9.17) is 30.7 Å². The van der Waals surface area contributed by atoms with Crippen molar-refractivity contribution in [1.82, 2.24) is 0 Å². The molecule has 0 aliphatic heterocycles. The topological polar surface area (TPSA) is 178 Å². The molecule has 6 N–H and O–H groups in total. The molecule has 0 spiro atoms. The quantitative estimate of drug-likeness (QED) is 0.300. The van der Waals surface area contributed by atoms with E-state index in [2.05, 4.69) is 4.99 Å². The van der Waals surface area contributed by atoms with Crippen LogP contribution in [0.4, 0.5) is 15.3 Å². The molecule has 1 aromatic rings. The molecule has 31 heavy (non-hydrogen) atoms. The molecule has 174 valence electrons. The molecule has 0 aromatic heterocycles. The minimum atomic E-state index is -4.44. The number of amides is 2. The number of ether oxygens (including phenoxy) is 2. The van der Waals surface area contributed by atoms with Crippen molar-refractivity contribution >= 4 is 31.4 Å². The first kappa shape index (κ1) is 26.6. The van der Waals surface area contributed by atoms with E-state index < -0.39 is 42.7 Å². The maximum absolute atomic E-state index is 12.7. The van der Waals surface area contributed by atoms with Gasteiger partial charge in [-0.3, -0.25) is 4.57 Å². The second-order valence-electron chi connectivity index (χ2n) is 8.79. The number of rotatable bonds is 4. The minimum Gasteiger partial charge on any atom is -0.443 e. The standard InChI is InChI=1S/C19H31N4O7P/c1-18(2,3)29-16(24)22-15(21)23(17(25)30-19(4,5)6)13-9-7-12(8-10-13)11-14(20)31(26,27)28/h7-10,14H,11,20H2,1-6H3,(H2,21,22,24)(H2,26,27,28). The maximum atomic E-state index is 12.7. The highest BCUT2D eigenvalue weighted by Crippen LogP contribution is 2.39. The van der Waals surface area contributed by atoms with Crippen LogP contribution in [0.1, 0.15) is 47.1 Å². The van der Waals surface area contributed by atoms with E-state index in [-0.39, 0.29) is 12.1 Å². The second-order valence-corrected chi connectivity index (χ2v) is 10.6. The Morgan fingerprint density at radius 1 is 1.06 bits per heavy atom. The number of guanidine groups is 1. The summed E-state index contributed by atoms with van der Waals surface area (Å²) in [6.07, 6.45) is -1.95. The summed E-state index contributed by atoms with van der Waals surface area (Å²) in [6.45, 7) is 9.96. The molecule has 0 aliphatic rings. The highest BCUT2D eigenvalue weighted by molar-refractivity contribution is 7.52. The van der Waals surface area contributed by atoms with Crippen LogP contribution in [-0.2, 0) is 20.5 Å². The third-order valence-electron chi connectivity index (χ3n) is 3.48. The normalized spacial score (nSPS) is 14.0. The molecule has 2 amide bonds. The average Bonchev–Trinajstić information content (AvgIpc) is 2.52. The summed E-state index contributed by atoms with van der Waals surface area (Å²) in [5.41, 5.74) is 10.5. The SMILES string of the molecule is CC(C)(C)OC(=O)N=C(N)N(C(=O)OC(C)(C)C)c1ccc(CC(N)P(=O)(O)O)cc1. The molecule has 0 bridgehead atoms. The number of carbonyl (C=O) groups excluding carboxylic acids is 2. The molecule has 1 unspecified atom stereocenters. The Kier molecular flexibility index (Phi) is 8.38. The molecule has 1 rings (SSSR count). The molecule has 0 radical (unpaired) electrons. The Balaban J connectivity index is 3.24. The van der Waals surface area contributed by atoms with E-state index in [0.29, 0.717) is 5.56 Å². The molecule has 12 heteroatoms. The van der Waals surface area contributed by atoms with Gasteiger partial charge in [-0.05, 0) is 65.7 Å². The lowest BCUT2D eigenvalue weighted by atomic mass is 10.1. The fourth-order valence-corrected chi connectivity index (χ4v) is 2.66. The predicted octanol–water partition coefficient (Wildman–Crippen LogP) is 2.68. The van der Waals surface area contributed by atoms with Crippen molar-refractivity contribution in [2.75, 3.05) is 4.90 Å². The molecule has 0 aliphatic carbocycles. The molecule has 0 saturated carbocycles. The van der Waals surface area contributed by atoms with Gasteiger partial charge in [0.1, 0.15) is 17.0 Å². The lowest BCUT2D eigenvalue weighted by Crippen LogP contribution is -2.45. The number of benzene rings is 1.